The third-order valence-electron chi connectivity index (χ3n) is 1.29. The van der Waals surface area contributed by atoms with Gasteiger partial charge in [-0.3, -0.25) is 0 Å². The Kier molecular flexibility index (Phi) is 5.82. The van der Waals surface area contributed by atoms with Gasteiger partial charge in [-0.15, -0.1) is 0 Å². The molecule has 0 N–H and O–H groups in total. The van der Waals surface area contributed by atoms with Crippen molar-refractivity contribution in [3.8, 4) is 0 Å². The first-order chi connectivity index (χ1) is 4.81. The van der Waals surface area contributed by atoms with Crippen LogP contribution in [0.1, 0.15) is 32.6 Å². The van der Waals surface area contributed by atoms with Gasteiger partial charge in [-0.2, -0.15) is 0 Å². The van der Waals surface area contributed by atoms with Gasteiger partial charge in [0.25, 0.3) is 0 Å². The van der Waals surface area contributed by atoms with Crippen LogP contribution in [0.2, 0.25) is 0 Å². The zero-order chi connectivity index (χ0) is 7.82. The molecule has 60 valence electrons. The maximum absolute atomic E-state index is 10.2. The molecule has 0 saturated carbocycles. The van der Waals surface area contributed by atoms with Crippen molar-refractivity contribution in [1.29, 1.82) is 0 Å². The Bertz CT molecular complexity index is 104. The van der Waals surface area contributed by atoms with Crippen LogP contribution in [0.25, 0.3) is 0 Å². The first-order valence-electron chi connectivity index (χ1n) is 3.59. The molecule has 0 amide bonds. The highest BCUT2D eigenvalue weighted by atomic mass is 16.6. The molecule has 0 aromatic carbocycles. The Labute approximate surface area is 60.7 Å². The first-order valence-corrected chi connectivity index (χ1v) is 3.59. The standard InChI is InChI=1S/C6H14N2O2/c1-2-3-4-5-6-8(10)7-9/h9H,2-6H2,1H3/p-1. The van der Waals surface area contributed by atoms with Gasteiger partial charge >= 0.3 is 0 Å². The van der Waals surface area contributed by atoms with Crippen molar-refractivity contribution in [3.05, 3.63) is 10.4 Å². The number of unbranched alkanes of at least 4 members (excludes halogenated alkanes) is 3. The Hall–Kier alpha value is -0.800. The summed E-state index contributed by atoms with van der Waals surface area (Å²) in [5, 5.41) is 22.0. The van der Waals surface area contributed by atoms with E-state index in [1.807, 2.05) is 0 Å². The molecular weight excluding hydrogens is 132 g/mol. The summed E-state index contributed by atoms with van der Waals surface area (Å²) >= 11 is 0. The normalized spacial score (nSPS) is 11.9. The molecule has 0 aliphatic heterocycles. The van der Waals surface area contributed by atoms with Gasteiger partial charge in [-0.1, -0.05) is 24.6 Å². The summed E-state index contributed by atoms with van der Waals surface area (Å²) in [6.07, 6.45) is 4.02. The summed E-state index contributed by atoms with van der Waals surface area (Å²) in [6.45, 7) is 2.33. The molecule has 0 fully saturated rings. The van der Waals surface area contributed by atoms with Crippen LogP contribution in [0.15, 0.2) is 5.28 Å². The quantitative estimate of drug-likeness (QED) is 0.257. The lowest BCUT2D eigenvalue weighted by Crippen LogP contribution is -2.01. The zero-order valence-electron chi connectivity index (χ0n) is 6.25. The van der Waals surface area contributed by atoms with E-state index >= 15 is 0 Å². The average Bonchev–Trinajstić information content (AvgIpc) is 1.98. The summed E-state index contributed by atoms with van der Waals surface area (Å²) in [4.78, 5) is 0.190. The number of hydrogen-bond acceptors (Lipinski definition) is 3. The van der Waals surface area contributed by atoms with E-state index in [0.29, 0.717) is 0 Å². The van der Waals surface area contributed by atoms with Gasteiger partial charge in [-0.25, -0.2) is 0 Å². The molecule has 0 unspecified atom stereocenters. The minimum absolute atomic E-state index is 0.190. The smallest absolute Gasteiger partial charge is 0.180 e. The van der Waals surface area contributed by atoms with Crippen LogP contribution < -0.4 is 0 Å². The van der Waals surface area contributed by atoms with E-state index in [-0.39, 0.29) is 11.4 Å². The molecule has 0 saturated heterocycles. The molecule has 0 heterocycles. The topological polar surface area (TPSA) is 61.5 Å². The lowest BCUT2D eigenvalue weighted by Gasteiger charge is -2.00. The van der Waals surface area contributed by atoms with Crippen molar-refractivity contribution in [2.45, 2.75) is 32.6 Å². The number of hydroxylamine groups is 1. The molecule has 0 radical (unpaired) electrons. The second kappa shape index (κ2) is 6.32. The number of rotatable bonds is 5. The maximum atomic E-state index is 10.2. The minimum atomic E-state index is 0.190. The minimum Gasteiger partial charge on any atom is -0.739 e. The van der Waals surface area contributed by atoms with Crippen molar-refractivity contribution in [2.75, 3.05) is 6.54 Å². The van der Waals surface area contributed by atoms with Gasteiger partial charge in [0.2, 0.25) is 0 Å². The van der Waals surface area contributed by atoms with Crippen LogP contribution >= 0.6 is 0 Å². The van der Waals surface area contributed by atoms with Gasteiger partial charge in [0.15, 0.2) is 6.54 Å². The van der Waals surface area contributed by atoms with Gasteiger partial charge < -0.3 is 10.4 Å². The fraction of sp³-hybridized carbons (Fsp3) is 1.00. The van der Waals surface area contributed by atoms with E-state index in [1.165, 1.54) is 0 Å². The van der Waals surface area contributed by atoms with Crippen molar-refractivity contribution in [1.82, 2.24) is 0 Å². The summed E-state index contributed by atoms with van der Waals surface area (Å²) in [7, 11) is 0. The van der Waals surface area contributed by atoms with E-state index in [4.69, 9.17) is 0 Å². The first kappa shape index (κ1) is 9.20. The molecule has 0 spiro atoms. The Balaban J connectivity index is 3.04. The average molecular weight is 145 g/mol. The van der Waals surface area contributed by atoms with Gasteiger partial charge in [-0.05, 0) is 11.7 Å². The van der Waals surface area contributed by atoms with Crippen LogP contribution in [-0.4, -0.2) is 11.4 Å². The van der Waals surface area contributed by atoms with E-state index in [2.05, 4.69) is 12.2 Å². The second-order valence-electron chi connectivity index (χ2n) is 2.22. The predicted octanol–water partition coefficient (Wildman–Crippen LogP) is 2.03. The lowest BCUT2D eigenvalue weighted by atomic mass is 10.2. The fourth-order valence-corrected chi connectivity index (χ4v) is 0.715. The van der Waals surface area contributed by atoms with Gasteiger partial charge in [0.1, 0.15) is 0 Å². The molecule has 0 aromatic rings. The molecular formula is C6H13N2O2-. The van der Waals surface area contributed by atoms with Crippen molar-refractivity contribution < 1.29 is 4.86 Å². The monoisotopic (exact) mass is 145 g/mol. The van der Waals surface area contributed by atoms with E-state index < -0.39 is 0 Å². The molecule has 0 atom stereocenters. The molecule has 0 aliphatic carbocycles. The van der Waals surface area contributed by atoms with Crippen molar-refractivity contribution in [2.24, 2.45) is 5.28 Å². The highest BCUT2D eigenvalue weighted by Gasteiger charge is 1.91. The highest BCUT2D eigenvalue weighted by molar-refractivity contribution is 4.37. The zero-order valence-corrected chi connectivity index (χ0v) is 6.25. The molecule has 0 aromatic heterocycles. The number of nitrogens with zero attached hydrogens (tertiary/aromatic N) is 2. The van der Waals surface area contributed by atoms with Crippen LogP contribution in [0.4, 0.5) is 0 Å². The third kappa shape index (κ3) is 5.34. The summed E-state index contributed by atoms with van der Waals surface area (Å²) < 4.78 is 0. The van der Waals surface area contributed by atoms with Crippen molar-refractivity contribution in [3.63, 3.8) is 0 Å². The van der Waals surface area contributed by atoms with Crippen LogP contribution in [0, 0.1) is 10.4 Å². The van der Waals surface area contributed by atoms with Gasteiger partial charge in [0, 0.05) is 6.42 Å². The molecule has 0 rings (SSSR count). The molecule has 0 bridgehead atoms. The van der Waals surface area contributed by atoms with Crippen molar-refractivity contribution >= 4 is 0 Å². The van der Waals surface area contributed by atoms with E-state index in [1.54, 1.807) is 0 Å². The van der Waals surface area contributed by atoms with E-state index in [9.17, 15) is 10.4 Å². The van der Waals surface area contributed by atoms with Crippen LogP contribution in [0.3, 0.4) is 0 Å². The summed E-state index contributed by atoms with van der Waals surface area (Å²) in [5.41, 5.74) is 0. The number of hydrogen-bond donors (Lipinski definition) is 0. The third-order valence-corrected chi connectivity index (χ3v) is 1.29. The highest BCUT2D eigenvalue weighted by Crippen LogP contribution is 1.98. The van der Waals surface area contributed by atoms with Crippen LogP contribution in [0.5, 0.6) is 0 Å². The summed E-state index contributed by atoms with van der Waals surface area (Å²) in [6, 6.07) is 0. The largest absolute Gasteiger partial charge is 0.739 e. The summed E-state index contributed by atoms with van der Waals surface area (Å²) in [5.74, 6) is 0. The Morgan fingerprint density at radius 3 is 2.50 bits per heavy atom. The van der Waals surface area contributed by atoms with Crippen LogP contribution in [-0.2, 0) is 0 Å². The van der Waals surface area contributed by atoms with E-state index in [0.717, 1.165) is 25.7 Å². The molecule has 4 heteroatoms. The fourth-order valence-electron chi connectivity index (χ4n) is 0.715. The lowest BCUT2D eigenvalue weighted by molar-refractivity contribution is -0.526. The molecule has 4 nitrogen and oxygen atoms in total. The Morgan fingerprint density at radius 1 is 1.30 bits per heavy atom. The Morgan fingerprint density at radius 2 is 2.00 bits per heavy atom. The van der Waals surface area contributed by atoms with Gasteiger partial charge in [0.05, 0.1) is 0 Å². The molecule has 0 aliphatic rings. The predicted molar refractivity (Wildman–Crippen MR) is 38.4 cm³/mol. The maximum Gasteiger partial charge on any atom is 0.180 e. The second-order valence-corrected chi connectivity index (χ2v) is 2.22. The SMILES string of the molecule is CCCCCC[N+]([O-])=N[O-]. The molecule has 10 heavy (non-hydrogen) atoms.